The molecule has 1 unspecified atom stereocenters. The van der Waals surface area contributed by atoms with Gasteiger partial charge in [0.05, 0.1) is 0 Å². The Morgan fingerprint density at radius 2 is 2.00 bits per heavy atom. The Balaban J connectivity index is 2.27. The van der Waals surface area contributed by atoms with Gasteiger partial charge in [0.2, 0.25) is 0 Å². The Morgan fingerprint density at radius 1 is 1.25 bits per heavy atom. The molecule has 16 heavy (non-hydrogen) atoms. The minimum atomic E-state index is -1.96. The quantitative estimate of drug-likeness (QED) is 0.593. The summed E-state index contributed by atoms with van der Waals surface area (Å²) >= 11 is 0. The Hall–Kier alpha value is -0.920. The van der Waals surface area contributed by atoms with Crippen LogP contribution in [-0.4, -0.2) is 17.6 Å². The molecule has 0 amide bonds. The summed E-state index contributed by atoms with van der Waals surface area (Å²) in [6, 6.07) is 6.29. The van der Waals surface area contributed by atoms with Crippen LogP contribution in [0, 0.1) is 13.8 Å². The number of hydrogen-bond acceptors (Lipinski definition) is 2. The van der Waals surface area contributed by atoms with Crippen molar-refractivity contribution < 1.29 is 9.46 Å². The van der Waals surface area contributed by atoms with E-state index in [1.165, 1.54) is 11.1 Å². The van der Waals surface area contributed by atoms with Crippen LogP contribution < -0.4 is 5.32 Å². The summed E-state index contributed by atoms with van der Waals surface area (Å²) in [5.41, 5.74) is 3.70. The van der Waals surface area contributed by atoms with Gasteiger partial charge in [-0.3, -0.25) is 0 Å². The van der Waals surface area contributed by atoms with E-state index in [0.717, 1.165) is 25.1 Å². The van der Waals surface area contributed by atoms with Crippen LogP contribution in [0.25, 0.3) is 0 Å². The minimum Gasteiger partial charge on any atom is -0.385 e. The number of anilines is 1. The van der Waals surface area contributed by atoms with Gasteiger partial charge >= 0.3 is 8.03 Å². The lowest BCUT2D eigenvalue weighted by Gasteiger charge is -2.07. The molecule has 0 aromatic heterocycles. The van der Waals surface area contributed by atoms with Crippen molar-refractivity contribution in [2.75, 3.05) is 18.0 Å². The van der Waals surface area contributed by atoms with Crippen LogP contribution in [0.3, 0.4) is 0 Å². The zero-order valence-electron chi connectivity index (χ0n) is 9.86. The molecule has 4 heteroatoms. The second kappa shape index (κ2) is 6.62. The molecule has 1 atom stereocenters. The zero-order chi connectivity index (χ0) is 12.0. The minimum absolute atomic E-state index is 0.407. The van der Waals surface area contributed by atoms with Crippen molar-refractivity contribution in [3.8, 4) is 0 Å². The first-order valence-electron chi connectivity index (χ1n) is 5.54. The highest BCUT2D eigenvalue weighted by molar-refractivity contribution is 7.37. The predicted octanol–water partition coefficient (Wildman–Crippen LogP) is 3.23. The Morgan fingerprint density at radius 3 is 2.62 bits per heavy atom. The molecule has 1 aromatic rings. The third-order valence-corrected chi connectivity index (χ3v) is 3.31. The summed E-state index contributed by atoms with van der Waals surface area (Å²) in [5, 5.41) is 3.31. The van der Waals surface area contributed by atoms with Gasteiger partial charge in [-0.05, 0) is 54.5 Å². The molecule has 0 heterocycles. The van der Waals surface area contributed by atoms with Crippen molar-refractivity contribution in [1.29, 1.82) is 0 Å². The summed E-state index contributed by atoms with van der Waals surface area (Å²) in [7, 11) is -1.96. The standard InChI is InChI=1S/C12H18NO2P/c1-10-5-6-12(9-11(10)2)13-7-3-4-8-16(14)15/h5-6,9,13H,3-4,7-8H2,1-2H3/p+1. The third kappa shape index (κ3) is 4.73. The molecule has 0 bridgehead atoms. The highest BCUT2D eigenvalue weighted by Gasteiger charge is 2.07. The van der Waals surface area contributed by atoms with Crippen LogP contribution in [0.5, 0.6) is 0 Å². The lowest BCUT2D eigenvalue weighted by atomic mass is 10.1. The van der Waals surface area contributed by atoms with E-state index < -0.39 is 8.03 Å². The molecule has 88 valence electrons. The average molecular weight is 240 g/mol. The van der Waals surface area contributed by atoms with Gasteiger partial charge in [-0.25, -0.2) is 0 Å². The maximum atomic E-state index is 10.4. The summed E-state index contributed by atoms with van der Waals surface area (Å²) in [4.78, 5) is 8.62. The van der Waals surface area contributed by atoms with Crippen LogP contribution in [0.1, 0.15) is 24.0 Å². The number of nitrogens with one attached hydrogen (secondary N) is 1. The number of rotatable bonds is 6. The molecule has 2 N–H and O–H groups in total. The van der Waals surface area contributed by atoms with Crippen LogP contribution in [-0.2, 0) is 4.57 Å². The Labute approximate surface area is 97.8 Å². The molecule has 1 rings (SSSR count). The van der Waals surface area contributed by atoms with Crippen molar-refractivity contribution in [3.63, 3.8) is 0 Å². The molecule has 0 spiro atoms. The zero-order valence-corrected chi connectivity index (χ0v) is 10.8. The predicted molar refractivity (Wildman–Crippen MR) is 68.3 cm³/mol. The van der Waals surface area contributed by atoms with E-state index in [2.05, 4.69) is 37.4 Å². The normalized spacial score (nSPS) is 11.3. The van der Waals surface area contributed by atoms with E-state index in [4.69, 9.17) is 4.89 Å². The highest BCUT2D eigenvalue weighted by atomic mass is 31.1. The molecule has 0 aliphatic heterocycles. The highest BCUT2D eigenvalue weighted by Crippen LogP contribution is 2.16. The molecule has 0 saturated heterocycles. The van der Waals surface area contributed by atoms with Gasteiger partial charge < -0.3 is 5.32 Å². The van der Waals surface area contributed by atoms with Gasteiger partial charge in [-0.15, -0.1) is 0 Å². The van der Waals surface area contributed by atoms with Gasteiger partial charge in [-0.1, -0.05) is 6.07 Å². The van der Waals surface area contributed by atoms with E-state index in [1.54, 1.807) is 0 Å². The van der Waals surface area contributed by atoms with Crippen molar-refractivity contribution in [2.45, 2.75) is 26.7 Å². The van der Waals surface area contributed by atoms with Gasteiger partial charge in [0, 0.05) is 12.2 Å². The fourth-order valence-electron chi connectivity index (χ4n) is 1.46. The second-order valence-corrected chi connectivity index (χ2v) is 5.16. The first-order valence-corrected chi connectivity index (χ1v) is 6.94. The summed E-state index contributed by atoms with van der Waals surface area (Å²) in [6.07, 6.45) is 2.13. The molecule has 3 nitrogen and oxygen atoms in total. The van der Waals surface area contributed by atoms with Gasteiger partial charge in [-0.2, -0.15) is 4.89 Å². The third-order valence-electron chi connectivity index (χ3n) is 2.61. The maximum Gasteiger partial charge on any atom is 0.505 e. The van der Waals surface area contributed by atoms with Gasteiger partial charge in [0.15, 0.2) is 6.16 Å². The van der Waals surface area contributed by atoms with Crippen molar-refractivity contribution in [3.05, 3.63) is 29.3 Å². The molecular weight excluding hydrogens is 221 g/mol. The molecule has 0 radical (unpaired) electrons. The summed E-state index contributed by atoms with van der Waals surface area (Å²) < 4.78 is 10.4. The largest absolute Gasteiger partial charge is 0.505 e. The maximum absolute atomic E-state index is 10.4. The summed E-state index contributed by atoms with van der Waals surface area (Å²) in [5.74, 6) is 0. The van der Waals surface area contributed by atoms with Crippen molar-refractivity contribution >= 4 is 13.7 Å². The number of hydrogen-bond donors (Lipinski definition) is 2. The monoisotopic (exact) mass is 240 g/mol. The fourth-order valence-corrected chi connectivity index (χ4v) is 1.95. The Bertz CT molecular complexity index is 366. The van der Waals surface area contributed by atoms with E-state index in [0.29, 0.717) is 6.16 Å². The number of unbranched alkanes of at least 4 members (excludes halogenated alkanes) is 1. The van der Waals surface area contributed by atoms with Gasteiger partial charge in [0.1, 0.15) is 0 Å². The van der Waals surface area contributed by atoms with Crippen molar-refractivity contribution in [1.82, 2.24) is 0 Å². The van der Waals surface area contributed by atoms with E-state index in [1.807, 2.05) is 0 Å². The van der Waals surface area contributed by atoms with Crippen molar-refractivity contribution in [2.24, 2.45) is 0 Å². The number of aryl methyl sites for hydroxylation is 2. The van der Waals surface area contributed by atoms with Crippen LogP contribution in [0.4, 0.5) is 5.69 Å². The first kappa shape index (κ1) is 13.1. The molecule has 0 aliphatic rings. The molecular formula is C12H19NO2P+. The second-order valence-electron chi connectivity index (χ2n) is 4.01. The molecule has 0 fully saturated rings. The molecule has 1 aromatic carbocycles. The lowest BCUT2D eigenvalue weighted by molar-refractivity contribution is 0.500. The van der Waals surface area contributed by atoms with E-state index in [-0.39, 0.29) is 0 Å². The topological polar surface area (TPSA) is 49.3 Å². The van der Waals surface area contributed by atoms with E-state index in [9.17, 15) is 4.57 Å². The lowest BCUT2D eigenvalue weighted by Crippen LogP contribution is -2.02. The fraction of sp³-hybridized carbons (Fsp3) is 0.500. The molecule has 0 aliphatic carbocycles. The SMILES string of the molecule is Cc1ccc(NCCCC[P+](=O)O)cc1C. The van der Waals surface area contributed by atoms with E-state index >= 15 is 0 Å². The van der Waals surface area contributed by atoms with Crippen LogP contribution >= 0.6 is 8.03 Å². The Kier molecular flexibility index (Phi) is 5.44. The van der Waals surface area contributed by atoms with Crippen LogP contribution in [0.15, 0.2) is 18.2 Å². The first-order chi connectivity index (χ1) is 7.59. The molecule has 0 saturated carbocycles. The smallest absolute Gasteiger partial charge is 0.385 e. The average Bonchev–Trinajstić information content (AvgIpc) is 2.22. The van der Waals surface area contributed by atoms with Crippen LogP contribution in [0.2, 0.25) is 0 Å². The number of benzene rings is 1. The van der Waals surface area contributed by atoms with Gasteiger partial charge in [0.25, 0.3) is 0 Å². The summed E-state index contributed by atoms with van der Waals surface area (Å²) in [6.45, 7) is 5.04.